The topological polar surface area (TPSA) is 6.48 Å². The molecule has 15 heavy (non-hydrogen) atoms. The molecule has 1 heterocycles. The minimum absolute atomic E-state index is 0.113. The van der Waals surface area contributed by atoms with Gasteiger partial charge in [0.25, 0.3) is 0 Å². The molecule has 0 bridgehead atoms. The Bertz CT molecular complexity index is 316. The van der Waals surface area contributed by atoms with E-state index in [-0.39, 0.29) is 5.54 Å². The molecule has 84 valence electrons. The molecular formula is C13H22N2. The van der Waals surface area contributed by atoms with Crippen LogP contribution < -0.4 is 0 Å². The van der Waals surface area contributed by atoms with Crippen LogP contribution in [0.2, 0.25) is 0 Å². The average Bonchev–Trinajstić information content (AvgIpc) is 2.30. The van der Waals surface area contributed by atoms with E-state index in [1.807, 2.05) is 19.0 Å². The Morgan fingerprint density at radius 3 is 2.13 bits per heavy atom. The van der Waals surface area contributed by atoms with Crippen molar-refractivity contribution < 1.29 is 0 Å². The normalized spacial score (nSPS) is 20.3. The van der Waals surface area contributed by atoms with E-state index in [0.29, 0.717) is 0 Å². The van der Waals surface area contributed by atoms with Crippen molar-refractivity contribution >= 4 is 0 Å². The van der Waals surface area contributed by atoms with Gasteiger partial charge in [0.15, 0.2) is 0 Å². The van der Waals surface area contributed by atoms with E-state index in [9.17, 15) is 0 Å². The number of likely N-dealkylation sites (tertiary alicyclic amines) is 1. The smallest absolute Gasteiger partial charge is 0.0436 e. The van der Waals surface area contributed by atoms with Crippen LogP contribution in [0.1, 0.15) is 20.8 Å². The van der Waals surface area contributed by atoms with E-state index in [2.05, 4.69) is 45.0 Å². The summed E-state index contributed by atoms with van der Waals surface area (Å²) in [6.45, 7) is 15.7. The van der Waals surface area contributed by atoms with Crippen molar-refractivity contribution in [3.05, 3.63) is 36.2 Å². The summed E-state index contributed by atoms with van der Waals surface area (Å²) >= 11 is 0. The average molecular weight is 206 g/mol. The Balaban J connectivity index is 2.99. The maximum Gasteiger partial charge on any atom is 0.0436 e. The van der Waals surface area contributed by atoms with Gasteiger partial charge in [-0.3, -0.25) is 0 Å². The van der Waals surface area contributed by atoms with Crippen molar-refractivity contribution in [2.45, 2.75) is 26.3 Å². The highest BCUT2D eigenvalue weighted by Gasteiger charge is 2.31. The van der Waals surface area contributed by atoms with Gasteiger partial charge in [0.2, 0.25) is 0 Å². The van der Waals surface area contributed by atoms with E-state index < -0.39 is 0 Å². The van der Waals surface area contributed by atoms with Crippen LogP contribution in [0, 0.1) is 0 Å². The molecule has 0 unspecified atom stereocenters. The fraction of sp³-hybridized carbons (Fsp3) is 0.538. The van der Waals surface area contributed by atoms with E-state index in [1.165, 1.54) is 5.57 Å². The first kappa shape index (κ1) is 11.9. The summed E-state index contributed by atoms with van der Waals surface area (Å²) in [5.74, 6) is 0. The maximum absolute atomic E-state index is 4.16. The van der Waals surface area contributed by atoms with Gasteiger partial charge in [-0.25, -0.2) is 0 Å². The monoisotopic (exact) mass is 206 g/mol. The predicted octanol–water partition coefficient (Wildman–Crippen LogP) is 2.62. The Morgan fingerprint density at radius 1 is 1.27 bits per heavy atom. The summed E-state index contributed by atoms with van der Waals surface area (Å²) in [6, 6.07) is 0. The van der Waals surface area contributed by atoms with Crippen molar-refractivity contribution in [3.8, 4) is 0 Å². The van der Waals surface area contributed by atoms with Crippen LogP contribution >= 0.6 is 0 Å². The second-order valence-electron chi connectivity index (χ2n) is 5.31. The van der Waals surface area contributed by atoms with Crippen LogP contribution in [0.3, 0.4) is 0 Å². The van der Waals surface area contributed by atoms with E-state index in [1.54, 1.807) is 0 Å². The molecule has 0 saturated carbocycles. The van der Waals surface area contributed by atoms with Gasteiger partial charge < -0.3 is 9.80 Å². The van der Waals surface area contributed by atoms with Gasteiger partial charge in [-0.15, -0.1) is 0 Å². The second kappa shape index (κ2) is 3.76. The van der Waals surface area contributed by atoms with Crippen LogP contribution in [-0.4, -0.2) is 36.0 Å². The highest BCUT2D eigenvalue weighted by Crippen LogP contribution is 2.35. The SMILES string of the molecule is C=C1CN(C(C)(C)C)C(=C)/C1=C/N(C)C. The van der Waals surface area contributed by atoms with E-state index >= 15 is 0 Å². The fourth-order valence-corrected chi connectivity index (χ4v) is 1.79. The van der Waals surface area contributed by atoms with Crippen LogP contribution in [0.5, 0.6) is 0 Å². The molecule has 1 saturated heterocycles. The molecule has 1 rings (SSSR count). The van der Waals surface area contributed by atoms with E-state index in [0.717, 1.165) is 17.8 Å². The summed E-state index contributed by atoms with van der Waals surface area (Å²) in [5.41, 5.74) is 3.53. The van der Waals surface area contributed by atoms with Crippen LogP contribution in [0.4, 0.5) is 0 Å². The lowest BCUT2D eigenvalue weighted by molar-refractivity contribution is 0.222. The number of rotatable bonds is 1. The minimum Gasteiger partial charge on any atom is -0.383 e. The first-order chi connectivity index (χ1) is 6.73. The van der Waals surface area contributed by atoms with Gasteiger partial charge in [-0.05, 0) is 26.3 Å². The number of nitrogens with zero attached hydrogens (tertiary/aromatic N) is 2. The lowest BCUT2D eigenvalue weighted by Gasteiger charge is -2.34. The molecule has 1 aliphatic rings. The van der Waals surface area contributed by atoms with Gasteiger partial charge in [0.1, 0.15) is 0 Å². The molecule has 0 radical (unpaired) electrons. The third-order valence-corrected chi connectivity index (χ3v) is 2.56. The molecule has 0 aromatic rings. The zero-order valence-electron chi connectivity index (χ0n) is 10.6. The molecule has 0 aromatic carbocycles. The van der Waals surface area contributed by atoms with Crippen molar-refractivity contribution in [2.24, 2.45) is 0 Å². The summed E-state index contributed by atoms with van der Waals surface area (Å²) < 4.78 is 0. The third-order valence-electron chi connectivity index (χ3n) is 2.56. The van der Waals surface area contributed by atoms with Crippen molar-refractivity contribution in [3.63, 3.8) is 0 Å². The molecule has 0 amide bonds. The quantitative estimate of drug-likeness (QED) is 0.650. The molecular weight excluding hydrogens is 184 g/mol. The standard InChI is InChI=1S/C13H22N2/c1-10-8-15(13(3,4)5)11(2)12(10)9-14(6)7/h9H,1-2,8H2,3-7H3/b12-9+. The van der Waals surface area contributed by atoms with E-state index in [4.69, 9.17) is 0 Å². The Kier molecular flexibility index (Phi) is 2.98. The molecule has 0 aromatic heterocycles. The molecule has 1 aliphatic heterocycles. The fourth-order valence-electron chi connectivity index (χ4n) is 1.79. The summed E-state index contributed by atoms with van der Waals surface area (Å²) in [5, 5.41) is 0. The van der Waals surface area contributed by atoms with Gasteiger partial charge in [0, 0.05) is 43.6 Å². The maximum atomic E-state index is 4.16. The zero-order valence-corrected chi connectivity index (χ0v) is 10.6. The first-order valence-electron chi connectivity index (χ1n) is 5.27. The number of allylic oxidation sites excluding steroid dienone is 1. The summed E-state index contributed by atoms with van der Waals surface area (Å²) in [4.78, 5) is 4.34. The zero-order chi connectivity index (χ0) is 11.8. The first-order valence-corrected chi connectivity index (χ1v) is 5.27. The molecule has 2 nitrogen and oxygen atoms in total. The molecule has 2 heteroatoms. The highest BCUT2D eigenvalue weighted by atomic mass is 15.2. The Morgan fingerprint density at radius 2 is 1.80 bits per heavy atom. The molecule has 0 aliphatic carbocycles. The van der Waals surface area contributed by atoms with Crippen LogP contribution in [-0.2, 0) is 0 Å². The molecule has 0 atom stereocenters. The number of hydrogen-bond donors (Lipinski definition) is 0. The van der Waals surface area contributed by atoms with Crippen LogP contribution in [0.15, 0.2) is 36.2 Å². The largest absolute Gasteiger partial charge is 0.383 e. The Hall–Kier alpha value is -1.18. The third kappa shape index (κ3) is 2.44. The predicted molar refractivity (Wildman–Crippen MR) is 66.5 cm³/mol. The second-order valence-corrected chi connectivity index (χ2v) is 5.31. The van der Waals surface area contributed by atoms with Crippen LogP contribution in [0.25, 0.3) is 0 Å². The summed E-state index contributed by atoms with van der Waals surface area (Å²) in [7, 11) is 4.04. The molecule has 0 N–H and O–H groups in total. The number of hydrogen-bond acceptors (Lipinski definition) is 2. The van der Waals surface area contributed by atoms with Crippen molar-refractivity contribution in [2.75, 3.05) is 20.6 Å². The minimum atomic E-state index is 0.113. The van der Waals surface area contributed by atoms with Gasteiger partial charge in [0.05, 0.1) is 0 Å². The lowest BCUT2D eigenvalue weighted by Crippen LogP contribution is -2.37. The lowest BCUT2D eigenvalue weighted by atomic mass is 10.1. The highest BCUT2D eigenvalue weighted by molar-refractivity contribution is 5.49. The summed E-state index contributed by atoms with van der Waals surface area (Å²) in [6.07, 6.45) is 2.09. The van der Waals surface area contributed by atoms with Crippen molar-refractivity contribution in [1.82, 2.24) is 9.80 Å². The Labute approximate surface area is 93.6 Å². The van der Waals surface area contributed by atoms with Gasteiger partial charge in [-0.1, -0.05) is 13.2 Å². The van der Waals surface area contributed by atoms with Crippen molar-refractivity contribution in [1.29, 1.82) is 0 Å². The van der Waals surface area contributed by atoms with Gasteiger partial charge in [-0.2, -0.15) is 0 Å². The molecule has 0 spiro atoms. The molecule has 1 fully saturated rings. The van der Waals surface area contributed by atoms with Gasteiger partial charge >= 0.3 is 0 Å².